The Balaban J connectivity index is 1.91. The molecule has 0 spiro atoms. The van der Waals surface area contributed by atoms with Gasteiger partial charge in [0.15, 0.2) is 22.9 Å². The van der Waals surface area contributed by atoms with E-state index in [-0.39, 0.29) is 5.78 Å². The number of nitrogens with zero attached hydrogens (tertiary/aromatic N) is 2. The van der Waals surface area contributed by atoms with E-state index in [9.17, 15) is 9.59 Å². The highest BCUT2D eigenvalue weighted by molar-refractivity contribution is 5.96. The van der Waals surface area contributed by atoms with Gasteiger partial charge in [-0.15, -0.1) is 0 Å². The van der Waals surface area contributed by atoms with Gasteiger partial charge in [0.2, 0.25) is 0 Å². The number of carbonyl (C=O) groups excluding carboxylic acids is 2. The summed E-state index contributed by atoms with van der Waals surface area (Å²) in [6.07, 6.45) is 2.65. The van der Waals surface area contributed by atoms with Crippen molar-refractivity contribution in [2.45, 2.75) is 26.7 Å². The van der Waals surface area contributed by atoms with Crippen LogP contribution in [0, 0.1) is 6.92 Å². The van der Waals surface area contributed by atoms with Gasteiger partial charge in [-0.1, -0.05) is 30.3 Å². The van der Waals surface area contributed by atoms with Crippen LogP contribution in [0.4, 0.5) is 0 Å². The molecule has 0 N–H and O–H groups in total. The van der Waals surface area contributed by atoms with Gasteiger partial charge in [-0.25, -0.2) is 9.78 Å². The molecule has 0 unspecified atom stereocenters. The van der Waals surface area contributed by atoms with Gasteiger partial charge in [-0.3, -0.25) is 9.20 Å². The van der Waals surface area contributed by atoms with Gasteiger partial charge < -0.3 is 9.47 Å². The van der Waals surface area contributed by atoms with Gasteiger partial charge in [0, 0.05) is 18.2 Å². The summed E-state index contributed by atoms with van der Waals surface area (Å²) in [6, 6.07) is 11.1. The highest BCUT2D eigenvalue weighted by atomic mass is 16.5. The Morgan fingerprint density at radius 3 is 2.56 bits per heavy atom. The third-order valence-electron chi connectivity index (χ3n) is 4.40. The van der Waals surface area contributed by atoms with E-state index in [1.54, 1.807) is 31.6 Å². The number of ketones is 1. The van der Waals surface area contributed by atoms with Gasteiger partial charge in [0.25, 0.3) is 0 Å². The van der Waals surface area contributed by atoms with Gasteiger partial charge in [0.1, 0.15) is 0 Å². The van der Waals surface area contributed by atoms with E-state index in [0.29, 0.717) is 47.8 Å². The fraction of sp³-hybridized carbons (Fsp3) is 0.286. The van der Waals surface area contributed by atoms with Crippen molar-refractivity contribution >= 4 is 17.4 Å². The summed E-state index contributed by atoms with van der Waals surface area (Å²) in [5, 5.41) is 0. The maximum absolute atomic E-state index is 12.4. The summed E-state index contributed by atoms with van der Waals surface area (Å²) in [5.74, 6) is 0.220. The predicted molar refractivity (Wildman–Crippen MR) is 102 cm³/mol. The number of benzene rings is 1. The third kappa shape index (κ3) is 3.69. The number of aryl methyl sites for hydroxylation is 2. The molecule has 6 nitrogen and oxygen atoms in total. The van der Waals surface area contributed by atoms with E-state index in [2.05, 4.69) is 4.98 Å². The molecule has 27 heavy (non-hydrogen) atoms. The van der Waals surface area contributed by atoms with Crippen LogP contribution in [0.25, 0.3) is 5.65 Å². The number of fused-ring (bicyclic) bond motifs is 1. The van der Waals surface area contributed by atoms with Crippen molar-refractivity contribution in [1.29, 1.82) is 0 Å². The molecule has 0 atom stereocenters. The maximum Gasteiger partial charge on any atom is 0.357 e. The summed E-state index contributed by atoms with van der Waals surface area (Å²) in [4.78, 5) is 29.1. The lowest BCUT2D eigenvalue weighted by molar-refractivity contribution is 0.0517. The second-order valence-electron chi connectivity index (χ2n) is 6.12. The average molecular weight is 366 g/mol. The molecule has 0 aliphatic heterocycles. The zero-order valence-corrected chi connectivity index (χ0v) is 15.7. The van der Waals surface area contributed by atoms with Crippen LogP contribution in [0.15, 0.2) is 42.6 Å². The Morgan fingerprint density at radius 1 is 1.15 bits per heavy atom. The van der Waals surface area contributed by atoms with E-state index >= 15 is 0 Å². The van der Waals surface area contributed by atoms with Crippen molar-refractivity contribution in [3.05, 3.63) is 65.1 Å². The number of esters is 1. The van der Waals surface area contributed by atoms with Crippen LogP contribution >= 0.6 is 0 Å². The van der Waals surface area contributed by atoms with Crippen LogP contribution in [0.1, 0.15) is 45.4 Å². The minimum atomic E-state index is -0.420. The molecule has 6 heteroatoms. The maximum atomic E-state index is 12.4. The number of rotatable bonds is 7. The topological polar surface area (TPSA) is 69.9 Å². The second-order valence-corrected chi connectivity index (χ2v) is 6.12. The number of Topliss-reactive ketones (excluding diaryl/α,β-unsaturated/α-hetero) is 1. The molecule has 0 radical (unpaired) electrons. The number of hydrogen-bond acceptors (Lipinski definition) is 5. The van der Waals surface area contributed by atoms with Crippen molar-refractivity contribution < 1.29 is 19.1 Å². The van der Waals surface area contributed by atoms with Crippen molar-refractivity contribution in [3.63, 3.8) is 0 Å². The lowest BCUT2D eigenvalue weighted by Crippen LogP contribution is -2.10. The standard InChI is InChI=1S/C21H22N2O4/c1-4-27-21(25)18-14(2)22-20-19(26-3)16(12-13-23(18)20)10-11-17(24)15-8-6-5-7-9-15/h5-9,12-13H,4,10-11H2,1-3H3. The van der Waals surface area contributed by atoms with Crippen molar-refractivity contribution in [2.75, 3.05) is 13.7 Å². The molecule has 1 aromatic carbocycles. The number of pyridine rings is 1. The molecule has 2 heterocycles. The molecule has 140 valence electrons. The van der Waals surface area contributed by atoms with Gasteiger partial charge in [-0.05, 0) is 31.9 Å². The number of carbonyl (C=O) groups is 2. The number of methoxy groups -OCH3 is 1. The molecule has 0 aliphatic carbocycles. The molecule has 0 saturated carbocycles. The quantitative estimate of drug-likeness (QED) is 0.472. The van der Waals surface area contributed by atoms with Crippen LogP contribution in [-0.2, 0) is 11.2 Å². The Morgan fingerprint density at radius 2 is 1.89 bits per heavy atom. The van der Waals surface area contributed by atoms with E-state index in [1.165, 1.54) is 0 Å². The van der Waals surface area contributed by atoms with Crippen LogP contribution < -0.4 is 4.74 Å². The zero-order valence-electron chi connectivity index (χ0n) is 15.7. The molecule has 0 amide bonds. The van der Waals surface area contributed by atoms with E-state index in [1.807, 2.05) is 36.4 Å². The molecule has 0 saturated heterocycles. The Kier molecular flexibility index (Phi) is 5.54. The fourth-order valence-electron chi connectivity index (χ4n) is 3.12. The van der Waals surface area contributed by atoms with Gasteiger partial charge >= 0.3 is 5.97 Å². The normalized spacial score (nSPS) is 10.8. The van der Waals surface area contributed by atoms with E-state index < -0.39 is 5.97 Å². The van der Waals surface area contributed by atoms with Gasteiger partial charge in [-0.2, -0.15) is 0 Å². The second kappa shape index (κ2) is 8.03. The van der Waals surface area contributed by atoms with E-state index in [0.717, 1.165) is 5.56 Å². The molecule has 3 rings (SSSR count). The zero-order chi connectivity index (χ0) is 19.4. The third-order valence-corrected chi connectivity index (χ3v) is 4.40. The Labute approximate surface area is 157 Å². The van der Waals surface area contributed by atoms with Crippen LogP contribution in [0.3, 0.4) is 0 Å². The first-order valence-corrected chi connectivity index (χ1v) is 8.86. The molecule has 0 aliphatic rings. The molecule has 0 bridgehead atoms. The molecular weight excluding hydrogens is 344 g/mol. The lowest BCUT2D eigenvalue weighted by atomic mass is 10.0. The SMILES string of the molecule is CCOC(=O)c1c(C)nc2c(OC)c(CCC(=O)c3ccccc3)ccn12. The minimum absolute atomic E-state index is 0.0734. The van der Waals surface area contributed by atoms with Crippen molar-refractivity contribution in [3.8, 4) is 5.75 Å². The minimum Gasteiger partial charge on any atom is -0.493 e. The first kappa shape index (κ1) is 18.6. The summed E-state index contributed by atoms with van der Waals surface area (Å²) in [5.41, 5.74) is 3.07. The smallest absolute Gasteiger partial charge is 0.357 e. The number of imidazole rings is 1. The van der Waals surface area contributed by atoms with Crippen LogP contribution in [-0.4, -0.2) is 34.9 Å². The first-order chi connectivity index (χ1) is 13.1. The summed E-state index contributed by atoms with van der Waals surface area (Å²) >= 11 is 0. The fourth-order valence-corrected chi connectivity index (χ4v) is 3.12. The molecule has 3 aromatic rings. The highest BCUT2D eigenvalue weighted by Crippen LogP contribution is 2.28. The first-order valence-electron chi connectivity index (χ1n) is 8.86. The van der Waals surface area contributed by atoms with Crippen LogP contribution in [0.2, 0.25) is 0 Å². The van der Waals surface area contributed by atoms with Crippen LogP contribution in [0.5, 0.6) is 5.75 Å². The largest absolute Gasteiger partial charge is 0.493 e. The highest BCUT2D eigenvalue weighted by Gasteiger charge is 2.21. The Bertz CT molecular complexity index is 977. The molecule has 0 fully saturated rings. The number of hydrogen-bond donors (Lipinski definition) is 0. The predicted octanol–water partition coefficient (Wildman–Crippen LogP) is 3.64. The summed E-state index contributed by atoms with van der Waals surface area (Å²) in [7, 11) is 1.56. The number of aromatic nitrogens is 2. The lowest BCUT2D eigenvalue weighted by Gasteiger charge is -2.10. The monoisotopic (exact) mass is 366 g/mol. The average Bonchev–Trinajstić information content (AvgIpc) is 3.02. The molecular formula is C21H22N2O4. The van der Waals surface area contributed by atoms with Crippen molar-refractivity contribution in [2.24, 2.45) is 0 Å². The summed E-state index contributed by atoms with van der Waals surface area (Å²) < 4.78 is 12.4. The molecule has 2 aromatic heterocycles. The Hall–Kier alpha value is -3.15. The van der Waals surface area contributed by atoms with Crippen molar-refractivity contribution in [1.82, 2.24) is 9.38 Å². The summed E-state index contributed by atoms with van der Waals surface area (Å²) in [6.45, 7) is 3.82. The number of ether oxygens (including phenoxy) is 2. The van der Waals surface area contributed by atoms with E-state index in [4.69, 9.17) is 9.47 Å². The van der Waals surface area contributed by atoms with Gasteiger partial charge in [0.05, 0.1) is 19.4 Å².